The smallest absolute Gasteiger partial charge is 0.254 e. The van der Waals surface area contributed by atoms with Crippen LogP contribution >= 0.6 is 0 Å². The number of hydrogen-bond acceptors (Lipinski definition) is 3. The fraction of sp³-hybridized carbons (Fsp3) is 0.458. The number of hydrogen-bond donors (Lipinski definition) is 1. The van der Waals surface area contributed by atoms with Crippen LogP contribution in [0.25, 0.3) is 0 Å². The molecule has 1 amide bonds. The second-order valence-corrected chi connectivity index (χ2v) is 10.9. The van der Waals surface area contributed by atoms with Crippen molar-refractivity contribution in [2.75, 3.05) is 6.54 Å². The maximum Gasteiger partial charge on any atom is 0.254 e. The zero-order valence-corrected chi connectivity index (χ0v) is 19.1. The van der Waals surface area contributed by atoms with E-state index in [1.165, 1.54) is 6.42 Å². The van der Waals surface area contributed by atoms with Gasteiger partial charge in [-0.25, -0.2) is 13.1 Å². The Hall–Kier alpha value is -2.18. The van der Waals surface area contributed by atoms with E-state index in [2.05, 4.69) is 32.4 Å². The molecule has 2 aromatic carbocycles. The van der Waals surface area contributed by atoms with Crippen LogP contribution in [-0.4, -0.2) is 31.8 Å². The van der Waals surface area contributed by atoms with E-state index < -0.39 is 10.0 Å². The molecule has 1 N–H and O–H groups in total. The van der Waals surface area contributed by atoms with Crippen molar-refractivity contribution in [3.63, 3.8) is 0 Å². The summed E-state index contributed by atoms with van der Waals surface area (Å²) in [5, 5.41) is 0. The van der Waals surface area contributed by atoms with Crippen LogP contribution < -0.4 is 4.72 Å². The van der Waals surface area contributed by atoms with Gasteiger partial charge in [-0.1, -0.05) is 45.0 Å². The first kappa shape index (κ1) is 22.5. The van der Waals surface area contributed by atoms with Gasteiger partial charge in [0.05, 0.1) is 4.90 Å². The molecule has 0 spiro atoms. The number of sulfonamides is 1. The van der Waals surface area contributed by atoms with Crippen LogP contribution in [0.3, 0.4) is 0 Å². The van der Waals surface area contributed by atoms with Gasteiger partial charge in [-0.3, -0.25) is 4.79 Å². The molecule has 0 aliphatic carbocycles. The molecule has 5 nitrogen and oxygen atoms in total. The van der Waals surface area contributed by atoms with Gasteiger partial charge in [0, 0.05) is 24.7 Å². The lowest BCUT2D eigenvalue weighted by molar-refractivity contribution is 0.0635. The Kier molecular flexibility index (Phi) is 6.68. The number of nitrogens with zero attached hydrogens (tertiary/aromatic N) is 1. The van der Waals surface area contributed by atoms with E-state index in [4.69, 9.17) is 0 Å². The summed E-state index contributed by atoms with van der Waals surface area (Å²) in [5.74, 6) is 0.0493. The summed E-state index contributed by atoms with van der Waals surface area (Å²) in [7, 11) is -3.60. The summed E-state index contributed by atoms with van der Waals surface area (Å²) in [4.78, 5) is 14.9. The fourth-order valence-corrected chi connectivity index (χ4v) is 4.74. The highest BCUT2D eigenvalue weighted by atomic mass is 32.2. The Balaban J connectivity index is 1.63. The number of piperidine rings is 1. The van der Waals surface area contributed by atoms with E-state index in [1.54, 1.807) is 24.3 Å². The highest BCUT2D eigenvalue weighted by Crippen LogP contribution is 2.23. The monoisotopic (exact) mass is 428 g/mol. The molecule has 0 bridgehead atoms. The number of benzene rings is 2. The second-order valence-electron chi connectivity index (χ2n) is 9.14. The molecule has 30 heavy (non-hydrogen) atoms. The molecule has 1 unspecified atom stereocenters. The largest absolute Gasteiger partial charge is 0.336 e. The molecule has 0 saturated carbocycles. The Morgan fingerprint density at radius 3 is 2.23 bits per heavy atom. The van der Waals surface area contributed by atoms with Crippen molar-refractivity contribution in [2.45, 2.75) is 69.9 Å². The molecule has 1 heterocycles. The van der Waals surface area contributed by atoms with Gasteiger partial charge >= 0.3 is 0 Å². The Morgan fingerprint density at radius 2 is 1.67 bits per heavy atom. The van der Waals surface area contributed by atoms with E-state index >= 15 is 0 Å². The van der Waals surface area contributed by atoms with Crippen molar-refractivity contribution in [3.8, 4) is 0 Å². The SMILES string of the molecule is CC1CCCCN1C(=O)c1ccc(CNS(=O)(=O)c2ccc(C(C)(C)C)cc2)cc1. The third-order valence-corrected chi connectivity index (χ3v) is 7.18. The molecule has 1 aliphatic rings. The van der Waals surface area contributed by atoms with Crippen molar-refractivity contribution in [2.24, 2.45) is 0 Å². The van der Waals surface area contributed by atoms with Gasteiger partial charge in [-0.05, 0) is 67.0 Å². The van der Waals surface area contributed by atoms with Crippen LogP contribution in [0.2, 0.25) is 0 Å². The van der Waals surface area contributed by atoms with Crippen LogP contribution in [-0.2, 0) is 22.0 Å². The first-order valence-electron chi connectivity index (χ1n) is 10.6. The number of likely N-dealkylation sites (tertiary alicyclic amines) is 1. The second kappa shape index (κ2) is 8.90. The van der Waals surface area contributed by atoms with Crippen LogP contribution in [0.5, 0.6) is 0 Å². The first-order valence-corrected chi connectivity index (χ1v) is 12.1. The lowest BCUT2D eigenvalue weighted by atomic mass is 9.87. The quantitative estimate of drug-likeness (QED) is 0.764. The molecular formula is C24H32N2O3S. The molecular weight excluding hydrogens is 396 g/mol. The minimum atomic E-state index is -3.60. The zero-order chi connectivity index (χ0) is 21.9. The van der Waals surface area contributed by atoms with Crippen LogP contribution in [0.15, 0.2) is 53.4 Å². The Morgan fingerprint density at radius 1 is 1.03 bits per heavy atom. The van der Waals surface area contributed by atoms with Crippen molar-refractivity contribution in [1.29, 1.82) is 0 Å². The van der Waals surface area contributed by atoms with Gasteiger partial charge < -0.3 is 4.90 Å². The molecule has 3 rings (SSSR count). The van der Waals surface area contributed by atoms with Gasteiger partial charge in [0.25, 0.3) is 5.91 Å². The van der Waals surface area contributed by atoms with E-state index in [1.807, 2.05) is 29.2 Å². The first-order chi connectivity index (χ1) is 14.1. The molecule has 1 atom stereocenters. The molecule has 1 aliphatic heterocycles. The highest BCUT2D eigenvalue weighted by Gasteiger charge is 2.24. The Bertz CT molecular complexity index is 975. The average Bonchev–Trinajstić information content (AvgIpc) is 2.72. The van der Waals surface area contributed by atoms with Crippen LogP contribution in [0.1, 0.15) is 68.4 Å². The molecule has 1 fully saturated rings. The fourth-order valence-electron chi connectivity index (χ4n) is 3.73. The van der Waals surface area contributed by atoms with E-state index in [0.717, 1.165) is 30.5 Å². The third kappa shape index (κ3) is 5.29. The molecule has 1 saturated heterocycles. The number of carbonyl (C=O) groups excluding carboxylic acids is 1. The van der Waals surface area contributed by atoms with Gasteiger partial charge in [0.2, 0.25) is 10.0 Å². The van der Waals surface area contributed by atoms with Crippen LogP contribution in [0, 0.1) is 0 Å². The summed E-state index contributed by atoms with van der Waals surface area (Å²) in [6, 6.07) is 14.5. The maximum absolute atomic E-state index is 12.7. The lowest BCUT2D eigenvalue weighted by Gasteiger charge is -2.33. The third-order valence-electron chi connectivity index (χ3n) is 5.76. The van der Waals surface area contributed by atoms with E-state index in [9.17, 15) is 13.2 Å². The molecule has 2 aromatic rings. The van der Waals surface area contributed by atoms with Gasteiger partial charge in [0.1, 0.15) is 0 Å². The minimum absolute atomic E-state index is 0.0269. The topological polar surface area (TPSA) is 66.5 Å². The van der Waals surface area contributed by atoms with Crippen molar-refractivity contribution >= 4 is 15.9 Å². The standard InChI is InChI=1S/C24H32N2O3S/c1-18-7-5-6-16-26(18)23(27)20-10-8-19(9-11-20)17-25-30(28,29)22-14-12-21(13-15-22)24(2,3)4/h8-15,18,25H,5-7,16-17H2,1-4H3. The number of carbonyl (C=O) groups is 1. The predicted molar refractivity (Wildman–Crippen MR) is 120 cm³/mol. The van der Waals surface area contributed by atoms with Crippen LogP contribution in [0.4, 0.5) is 0 Å². The predicted octanol–water partition coefficient (Wildman–Crippen LogP) is 4.48. The lowest BCUT2D eigenvalue weighted by Crippen LogP contribution is -2.42. The van der Waals surface area contributed by atoms with Crippen molar-refractivity contribution < 1.29 is 13.2 Å². The summed E-state index contributed by atoms with van der Waals surface area (Å²) >= 11 is 0. The van der Waals surface area contributed by atoms with Crippen molar-refractivity contribution in [3.05, 3.63) is 65.2 Å². The summed E-state index contributed by atoms with van der Waals surface area (Å²) in [6.45, 7) is 9.35. The normalized spacial score (nSPS) is 17.7. The maximum atomic E-state index is 12.7. The number of amides is 1. The van der Waals surface area contributed by atoms with E-state index in [0.29, 0.717) is 5.56 Å². The molecule has 162 valence electrons. The van der Waals surface area contributed by atoms with E-state index in [-0.39, 0.29) is 28.8 Å². The molecule has 6 heteroatoms. The van der Waals surface area contributed by atoms with Gasteiger partial charge in [0.15, 0.2) is 0 Å². The molecule has 0 radical (unpaired) electrons. The van der Waals surface area contributed by atoms with Gasteiger partial charge in [-0.2, -0.15) is 0 Å². The number of nitrogens with one attached hydrogen (secondary N) is 1. The van der Waals surface area contributed by atoms with Crippen molar-refractivity contribution in [1.82, 2.24) is 9.62 Å². The number of rotatable bonds is 5. The highest BCUT2D eigenvalue weighted by molar-refractivity contribution is 7.89. The summed E-state index contributed by atoms with van der Waals surface area (Å²) < 4.78 is 27.9. The summed E-state index contributed by atoms with van der Waals surface area (Å²) in [5.41, 5.74) is 2.52. The van der Waals surface area contributed by atoms with Gasteiger partial charge in [-0.15, -0.1) is 0 Å². The zero-order valence-electron chi connectivity index (χ0n) is 18.3. The Labute approximate surface area is 180 Å². The minimum Gasteiger partial charge on any atom is -0.336 e. The molecule has 0 aromatic heterocycles. The average molecular weight is 429 g/mol. The summed E-state index contributed by atoms with van der Waals surface area (Å²) in [6.07, 6.45) is 3.26.